The SMILES string of the molecule is C/C(N)=C(\C)c1c(N)sc(C(=O)NCc2ccc(SC(C)(F)F)cc2)c1N. The van der Waals surface area contributed by atoms with Crippen LogP contribution in [0.2, 0.25) is 0 Å². The van der Waals surface area contributed by atoms with Crippen LogP contribution in [0.1, 0.15) is 41.6 Å². The summed E-state index contributed by atoms with van der Waals surface area (Å²) in [6.45, 7) is 4.62. The van der Waals surface area contributed by atoms with Gasteiger partial charge in [0, 0.05) is 29.6 Å². The lowest BCUT2D eigenvalue weighted by atomic mass is 10.1. The molecule has 1 aromatic heterocycles. The predicted molar refractivity (Wildman–Crippen MR) is 110 cm³/mol. The number of anilines is 2. The Hall–Kier alpha value is -2.26. The number of alkyl halides is 2. The number of carbonyl (C=O) groups is 1. The van der Waals surface area contributed by atoms with Gasteiger partial charge in [0.2, 0.25) is 0 Å². The van der Waals surface area contributed by atoms with Crippen LogP contribution in [0.15, 0.2) is 34.9 Å². The molecular formula is C18H22F2N4OS2. The van der Waals surface area contributed by atoms with Crippen LogP contribution >= 0.6 is 23.1 Å². The Balaban J connectivity index is 2.09. The van der Waals surface area contributed by atoms with E-state index in [0.717, 1.165) is 29.4 Å². The van der Waals surface area contributed by atoms with Gasteiger partial charge in [0.15, 0.2) is 0 Å². The summed E-state index contributed by atoms with van der Waals surface area (Å²) in [5, 5.41) is 0.364. The predicted octanol–water partition coefficient (Wildman–Crippen LogP) is 4.26. The first-order valence-electron chi connectivity index (χ1n) is 8.04. The number of rotatable bonds is 6. The first kappa shape index (κ1) is 21.0. The number of nitrogens with one attached hydrogen (secondary N) is 1. The van der Waals surface area contributed by atoms with Crippen LogP contribution in [0.5, 0.6) is 0 Å². The average molecular weight is 413 g/mol. The molecule has 0 bridgehead atoms. The zero-order valence-corrected chi connectivity index (χ0v) is 16.9. The third-order valence-electron chi connectivity index (χ3n) is 3.82. The minimum atomic E-state index is -2.83. The third-order valence-corrected chi connectivity index (χ3v) is 5.72. The van der Waals surface area contributed by atoms with E-state index in [2.05, 4.69) is 5.32 Å². The Morgan fingerprint density at radius 1 is 1.22 bits per heavy atom. The first-order chi connectivity index (χ1) is 12.5. The standard InChI is InChI=1S/C18H22F2N4OS2/c1-9(10(2)21)13-14(22)15(26-16(13)23)17(25)24-8-11-4-6-12(7-5-11)27-18(3,19)20/h4-7H,8,21-23H2,1-3H3,(H,24,25)/b10-9-. The summed E-state index contributed by atoms with van der Waals surface area (Å²) < 4.78 is 26.0. The number of benzene rings is 1. The second-order valence-corrected chi connectivity index (χ2v) is 8.57. The lowest BCUT2D eigenvalue weighted by Crippen LogP contribution is -2.22. The molecule has 0 aliphatic carbocycles. The van der Waals surface area contributed by atoms with Gasteiger partial charge in [-0.1, -0.05) is 23.9 Å². The number of carbonyl (C=O) groups excluding carboxylic acids is 1. The number of hydrogen-bond acceptors (Lipinski definition) is 6. The summed E-state index contributed by atoms with van der Waals surface area (Å²) in [5.74, 6) is -0.350. The van der Waals surface area contributed by atoms with Crippen molar-refractivity contribution in [1.82, 2.24) is 5.32 Å². The van der Waals surface area contributed by atoms with Gasteiger partial charge < -0.3 is 22.5 Å². The van der Waals surface area contributed by atoms with Crippen LogP contribution in [0.4, 0.5) is 19.5 Å². The van der Waals surface area contributed by atoms with Gasteiger partial charge in [0.1, 0.15) is 4.88 Å². The molecule has 0 saturated carbocycles. The van der Waals surface area contributed by atoms with Crippen molar-refractivity contribution in [1.29, 1.82) is 0 Å². The monoisotopic (exact) mass is 412 g/mol. The molecular weight excluding hydrogens is 390 g/mol. The van der Waals surface area contributed by atoms with Crippen molar-refractivity contribution in [3.05, 3.63) is 46.0 Å². The topological polar surface area (TPSA) is 107 Å². The first-order valence-corrected chi connectivity index (χ1v) is 9.68. The van der Waals surface area contributed by atoms with Crippen LogP contribution in [-0.4, -0.2) is 11.2 Å². The minimum absolute atomic E-state index is 0.240. The highest BCUT2D eigenvalue weighted by Crippen LogP contribution is 2.38. The fourth-order valence-electron chi connectivity index (χ4n) is 2.36. The van der Waals surface area contributed by atoms with E-state index in [4.69, 9.17) is 17.2 Å². The Morgan fingerprint density at radius 3 is 2.33 bits per heavy atom. The molecule has 0 spiro atoms. The highest BCUT2D eigenvalue weighted by atomic mass is 32.2. The van der Waals surface area contributed by atoms with Gasteiger partial charge in [-0.25, -0.2) is 0 Å². The molecule has 0 aliphatic heterocycles. The molecule has 1 amide bonds. The van der Waals surface area contributed by atoms with E-state index in [1.54, 1.807) is 38.1 Å². The zero-order valence-electron chi connectivity index (χ0n) is 15.2. The maximum atomic E-state index is 13.0. The Labute approximate surface area is 165 Å². The minimum Gasteiger partial charge on any atom is -0.402 e. The van der Waals surface area contributed by atoms with Gasteiger partial charge in [0.05, 0.1) is 10.7 Å². The van der Waals surface area contributed by atoms with Gasteiger partial charge in [0.25, 0.3) is 11.2 Å². The summed E-state index contributed by atoms with van der Waals surface area (Å²) in [6, 6.07) is 6.57. The molecule has 1 aromatic carbocycles. The fourth-order valence-corrected chi connectivity index (χ4v) is 4.01. The lowest BCUT2D eigenvalue weighted by Gasteiger charge is -2.10. The van der Waals surface area contributed by atoms with Gasteiger partial charge in [-0.2, -0.15) is 8.78 Å². The maximum Gasteiger partial charge on any atom is 0.295 e. The third kappa shape index (κ3) is 5.36. The zero-order chi connectivity index (χ0) is 20.4. The summed E-state index contributed by atoms with van der Waals surface area (Å²) in [7, 11) is 0. The molecule has 5 nitrogen and oxygen atoms in total. The Morgan fingerprint density at radius 2 is 1.81 bits per heavy atom. The van der Waals surface area contributed by atoms with E-state index in [1.807, 2.05) is 0 Å². The van der Waals surface area contributed by atoms with E-state index in [0.29, 0.717) is 43.5 Å². The van der Waals surface area contributed by atoms with Crippen molar-refractivity contribution >= 4 is 45.3 Å². The number of nitrogen functional groups attached to an aromatic ring is 2. The van der Waals surface area contributed by atoms with Crippen LogP contribution < -0.4 is 22.5 Å². The second kappa shape index (κ2) is 8.18. The number of allylic oxidation sites excluding steroid dienone is 2. The molecule has 2 rings (SSSR count). The molecule has 0 aliphatic rings. The van der Waals surface area contributed by atoms with E-state index in [9.17, 15) is 13.6 Å². The highest BCUT2D eigenvalue weighted by Gasteiger charge is 2.23. The van der Waals surface area contributed by atoms with E-state index >= 15 is 0 Å². The number of thioether (sulfide) groups is 1. The van der Waals surface area contributed by atoms with E-state index in [1.165, 1.54) is 0 Å². The summed E-state index contributed by atoms with van der Waals surface area (Å²) in [5.41, 5.74) is 20.9. The second-order valence-electron chi connectivity index (χ2n) is 6.13. The summed E-state index contributed by atoms with van der Waals surface area (Å²) in [6.07, 6.45) is 0. The van der Waals surface area contributed by atoms with Gasteiger partial charge >= 0.3 is 0 Å². The molecule has 0 atom stereocenters. The van der Waals surface area contributed by atoms with Crippen molar-refractivity contribution in [2.24, 2.45) is 5.73 Å². The van der Waals surface area contributed by atoms with Crippen molar-refractivity contribution in [3.8, 4) is 0 Å². The Kier molecular flexibility index (Phi) is 6.38. The summed E-state index contributed by atoms with van der Waals surface area (Å²) in [4.78, 5) is 13.2. The van der Waals surface area contributed by atoms with Crippen molar-refractivity contribution in [3.63, 3.8) is 0 Å². The number of amides is 1. The lowest BCUT2D eigenvalue weighted by molar-refractivity contribution is 0.0955. The van der Waals surface area contributed by atoms with Crippen LogP contribution in [-0.2, 0) is 6.54 Å². The van der Waals surface area contributed by atoms with E-state index in [-0.39, 0.29) is 12.5 Å². The van der Waals surface area contributed by atoms with Crippen LogP contribution in [0.25, 0.3) is 5.57 Å². The fraction of sp³-hybridized carbons (Fsp3) is 0.278. The van der Waals surface area contributed by atoms with Crippen LogP contribution in [0.3, 0.4) is 0 Å². The molecule has 9 heteroatoms. The molecule has 146 valence electrons. The Bertz CT molecular complexity index is 867. The number of nitrogens with two attached hydrogens (primary N) is 3. The normalized spacial score (nSPS) is 12.6. The molecule has 0 saturated heterocycles. The molecule has 2 aromatic rings. The maximum absolute atomic E-state index is 13.0. The average Bonchev–Trinajstić information content (AvgIpc) is 2.86. The number of halogens is 2. The quantitative estimate of drug-likeness (QED) is 0.531. The van der Waals surface area contributed by atoms with E-state index < -0.39 is 5.25 Å². The smallest absolute Gasteiger partial charge is 0.295 e. The van der Waals surface area contributed by atoms with Crippen molar-refractivity contribution in [2.75, 3.05) is 11.5 Å². The molecule has 27 heavy (non-hydrogen) atoms. The largest absolute Gasteiger partial charge is 0.402 e. The number of hydrogen-bond donors (Lipinski definition) is 4. The van der Waals surface area contributed by atoms with Gasteiger partial charge in [-0.3, -0.25) is 4.79 Å². The summed E-state index contributed by atoms with van der Waals surface area (Å²) >= 11 is 1.58. The molecule has 0 radical (unpaired) electrons. The van der Waals surface area contributed by atoms with Crippen molar-refractivity contribution in [2.45, 2.75) is 37.5 Å². The number of thiophene rings is 1. The molecule has 1 heterocycles. The molecule has 0 fully saturated rings. The van der Waals surface area contributed by atoms with Crippen LogP contribution in [0, 0.1) is 0 Å². The van der Waals surface area contributed by atoms with Gasteiger partial charge in [-0.15, -0.1) is 11.3 Å². The molecule has 7 N–H and O–H groups in total. The van der Waals surface area contributed by atoms with Crippen molar-refractivity contribution < 1.29 is 13.6 Å². The highest BCUT2D eigenvalue weighted by molar-refractivity contribution is 8.00. The van der Waals surface area contributed by atoms with Gasteiger partial charge in [-0.05, 0) is 37.1 Å². The molecule has 0 unspecified atom stereocenters.